The molecular weight excluding hydrogens is 272 g/mol. The molecule has 3 N–H and O–H groups in total. The van der Waals surface area contributed by atoms with E-state index in [1.54, 1.807) is 17.0 Å². The van der Waals surface area contributed by atoms with Gasteiger partial charge in [-0.3, -0.25) is 0 Å². The van der Waals surface area contributed by atoms with Gasteiger partial charge in [0, 0.05) is 18.3 Å². The number of anilines is 1. The molecule has 0 aromatic heterocycles. The maximum absolute atomic E-state index is 12.3. The van der Waals surface area contributed by atoms with Gasteiger partial charge in [-0.25, -0.2) is 9.59 Å². The fourth-order valence-electron chi connectivity index (χ4n) is 2.21. The normalized spacial score (nSPS) is 10.5. The Bertz CT molecular complexity index is 486. The Hall–Kier alpha value is -2.08. The second-order valence-corrected chi connectivity index (χ2v) is 4.70. The first kappa shape index (κ1) is 17.0. The quantitative estimate of drug-likeness (QED) is 0.720. The van der Waals surface area contributed by atoms with Gasteiger partial charge in [0.1, 0.15) is 0 Å². The number of hydrogen-bond acceptors (Lipinski definition) is 3. The summed E-state index contributed by atoms with van der Waals surface area (Å²) in [5.74, 6) is -1.04. The Labute approximate surface area is 124 Å². The van der Waals surface area contributed by atoms with Crippen molar-refractivity contribution in [3.05, 3.63) is 29.8 Å². The summed E-state index contributed by atoms with van der Waals surface area (Å²) in [5.41, 5.74) is 0.540. The highest BCUT2D eigenvalue weighted by molar-refractivity contribution is 5.93. The van der Waals surface area contributed by atoms with Crippen LogP contribution in [0.1, 0.15) is 37.0 Å². The summed E-state index contributed by atoms with van der Waals surface area (Å²) in [6.07, 6.45) is 1.58. The number of carbonyl (C=O) groups is 2. The number of carbonyl (C=O) groups excluding carboxylic acids is 1. The maximum atomic E-state index is 12.3. The van der Waals surface area contributed by atoms with E-state index >= 15 is 0 Å². The summed E-state index contributed by atoms with van der Waals surface area (Å²) in [5, 5.41) is 20.7. The van der Waals surface area contributed by atoms with Crippen molar-refractivity contribution in [2.75, 3.05) is 18.5 Å². The Balaban J connectivity index is 2.85. The summed E-state index contributed by atoms with van der Waals surface area (Å²) >= 11 is 0. The topological polar surface area (TPSA) is 89.9 Å². The van der Waals surface area contributed by atoms with E-state index in [0.29, 0.717) is 5.69 Å². The average Bonchev–Trinajstić information content (AvgIpc) is 2.47. The van der Waals surface area contributed by atoms with Crippen LogP contribution in [0.25, 0.3) is 0 Å². The van der Waals surface area contributed by atoms with E-state index in [-0.39, 0.29) is 30.8 Å². The number of benzene rings is 1. The molecule has 6 nitrogen and oxygen atoms in total. The van der Waals surface area contributed by atoms with E-state index in [1.807, 2.05) is 13.8 Å². The van der Waals surface area contributed by atoms with Crippen molar-refractivity contribution in [3.8, 4) is 0 Å². The van der Waals surface area contributed by atoms with Crippen LogP contribution in [0.15, 0.2) is 24.3 Å². The second kappa shape index (κ2) is 8.26. The van der Waals surface area contributed by atoms with Crippen LogP contribution in [0.5, 0.6) is 0 Å². The van der Waals surface area contributed by atoms with Gasteiger partial charge in [0.15, 0.2) is 0 Å². The highest BCUT2D eigenvalue weighted by atomic mass is 16.4. The third-order valence-corrected chi connectivity index (χ3v) is 3.35. The van der Waals surface area contributed by atoms with Crippen LogP contribution in [0.2, 0.25) is 0 Å². The minimum absolute atomic E-state index is 0.0415. The molecule has 1 aromatic carbocycles. The largest absolute Gasteiger partial charge is 0.478 e. The molecule has 0 unspecified atom stereocenters. The van der Waals surface area contributed by atoms with Crippen LogP contribution < -0.4 is 5.32 Å². The predicted molar refractivity (Wildman–Crippen MR) is 80.6 cm³/mol. The van der Waals surface area contributed by atoms with Crippen molar-refractivity contribution >= 4 is 17.7 Å². The Morgan fingerprint density at radius 2 is 1.95 bits per heavy atom. The molecule has 1 aromatic rings. The highest BCUT2D eigenvalue weighted by Crippen LogP contribution is 2.14. The molecule has 0 heterocycles. The fourth-order valence-corrected chi connectivity index (χ4v) is 2.21. The molecule has 0 saturated carbocycles. The van der Waals surface area contributed by atoms with Gasteiger partial charge in [-0.05, 0) is 31.0 Å². The molecular formula is C15H22N2O4. The number of nitrogens with one attached hydrogen (secondary N) is 1. The molecule has 0 atom stereocenters. The van der Waals surface area contributed by atoms with Crippen molar-refractivity contribution in [3.63, 3.8) is 0 Å². The van der Waals surface area contributed by atoms with Gasteiger partial charge in [-0.15, -0.1) is 0 Å². The van der Waals surface area contributed by atoms with Crippen molar-refractivity contribution in [1.82, 2.24) is 4.90 Å². The lowest BCUT2D eigenvalue weighted by molar-refractivity contribution is 0.0697. The lowest BCUT2D eigenvalue weighted by atomic mass is 10.1. The van der Waals surface area contributed by atoms with Gasteiger partial charge in [-0.1, -0.05) is 19.9 Å². The average molecular weight is 294 g/mol. The number of aliphatic hydroxyl groups excluding tert-OH is 1. The van der Waals surface area contributed by atoms with E-state index in [1.165, 1.54) is 12.1 Å². The molecule has 2 amide bonds. The fraction of sp³-hybridized carbons (Fsp3) is 0.467. The molecule has 0 aliphatic heterocycles. The summed E-state index contributed by atoms with van der Waals surface area (Å²) in [7, 11) is 0. The lowest BCUT2D eigenvalue weighted by Gasteiger charge is -2.30. The van der Waals surface area contributed by atoms with Gasteiger partial charge in [0.2, 0.25) is 0 Å². The number of aromatic carboxylic acids is 1. The molecule has 0 bridgehead atoms. The highest BCUT2D eigenvalue weighted by Gasteiger charge is 2.20. The molecule has 6 heteroatoms. The van der Waals surface area contributed by atoms with Crippen molar-refractivity contribution in [1.29, 1.82) is 0 Å². The molecule has 0 saturated heterocycles. The van der Waals surface area contributed by atoms with E-state index in [4.69, 9.17) is 10.2 Å². The molecule has 0 radical (unpaired) electrons. The Kier molecular flexibility index (Phi) is 6.68. The number of aliphatic hydroxyl groups is 1. The summed E-state index contributed by atoms with van der Waals surface area (Å²) < 4.78 is 0. The maximum Gasteiger partial charge on any atom is 0.335 e. The van der Waals surface area contributed by atoms with Crippen molar-refractivity contribution < 1.29 is 19.8 Å². The second-order valence-electron chi connectivity index (χ2n) is 4.70. The first-order valence-electron chi connectivity index (χ1n) is 7.05. The van der Waals surface area contributed by atoms with E-state index in [9.17, 15) is 9.59 Å². The van der Waals surface area contributed by atoms with Gasteiger partial charge in [-0.2, -0.15) is 0 Å². The minimum Gasteiger partial charge on any atom is -0.478 e. The van der Waals surface area contributed by atoms with Crippen LogP contribution in [0.3, 0.4) is 0 Å². The molecule has 0 aliphatic rings. The monoisotopic (exact) mass is 294 g/mol. The van der Waals surface area contributed by atoms with Crippen LogP contribution in [0.4, 0.5) is 10.5 Å². The van der Waals surface area contributed by atoms with E-state index in [0.717, 1.165) is 12.8 Å². The molecule has 0 fully saturated rings. The zero-order valence-electron chi connectivity index (χ0n) is 12.4. The molecule has 0 spiro atoms. The standard InChI is InChI=1S/C15H22N2O4/c1-3-13(4-2)17(8-9-18)15(21)16-12-7-5-6-11(10-12)14(19)20/h5-7,10,13,18H,3-4,8-9H2,1-2H3,(H,16,21)(H,19,20). The number of hydrogen-bond donors (Lipinski definition) is 3. The first-order valence-corrected chi connectivity index (χ1v) is 7.05. The third-order valence-electron chi connectivity index (χ3n) is 3.35. The summed E-state index contributed by atoms with van der Waals surface area (Å²) in [4.78, 5) is 24.8. The number of nitrogens with zero attached hydrogens (tertiary/aromatic N) is 1. The number of urea groups is 1. The third kappa shape index (κ3) is 4.75. The van der Waals surface area contributed by atoms with Crippen LogP contribution in [0, 0.1) is 0 Å². The van der Waals surface area contributed by atoms with Crippen LogP contribution >= 0.6 is 0 Å². The van der Waals surface area contributed by atoms with Gasteiger partial charge in [0.05, 0.1) is 12.2 Å². The molecule has 1 rings (SSSR count). The Morgan fingerprint density at radius 3 is 2.48 bits per heavy atom. The molecule has 21 heavy (non-hydrogen) atoms. The zero-order valence-corrected chi connectivity index (χ0v) is 12.4. The van der Waals surface area contributed by atoms with Gasteiger partial charge < -0.3 is 20.4 Å². The summed E-state index contributed by atoms with van der Waals surface area (Å²) in [6.45, 7) is 4.10. The van der Waals surface area contributed by atoms with Crippen molar-refractivity contribution in [2.24, 2.45) is 0 Å². The van der Waals surface area contributed by atoms with Crippen LogP contribution in [-0.2, 0) is 0 Å². The first-order chi connectivity index (χ1) is 10.0. The van der Waals surface area contributed by atoms with Gasteiger partial charge in [0.25, 0.3) is 0 Å². The van der Waals surface area contributed by atoms with Crippen LogP contribution in [-0.4, -0.2) is 46.3 Å². The predicted octanol–water partition coefficient (Wildman–Crippen LogP) is 2.40. The molecule has 116 valence electrons. The van der Waals surface area contributed by atoms with Gasteiger partial charge >= 0.3 is 12.0 Å². The zero-order chi connectivity index (χ0) is 15.8. The smallest absolute Gasteiger partial charge is 0.335 e. The number of carboxylic acids is 1. The SMILES string of the molecule is CCC(CC)N(CCO)C(=O)Nc1cccc(C(=O)O)c1. The van der Waals surface area contributed by atoms with E-state index in [2.05, 4.69) is 5.32 Å². The number of rotatable bonds is 7. The Morgan fingerprint density at radius 1 is 1.29 bits per heavy atom. The number of carboxylic acid groups (broad SMARTS) is 1. The van der Waals surface area contributed by atoms with E-state index < -0.39 is 5.97 Å². The lowest BCUT2D eigenvalue weighted by Crippen LogP contribution is -2.44. The van der Waals surface area contributed by atoms with Crippen molar-refractivity contribution in [2.45, 2.75) is 32.7 Å². The minimum atomic E-state index is -1.04. The number of amides is 2. The summed E-state index contributed by atoms with van der Waals surface area (Å²) in [6, 6.07) is 5.79. The molecule has 0 aliphatic carbocycles.